The van der Waals surface area contributed by atoms with Gasteiger partial charge in [-0.15, -0.1) is 0 Å². The van der Waals surface area contributed by atoms with Crippen molar-refractivity contribution in [3.8, 4) is 0 Å². The number of nitro groups is 1. The molecule has 0 aliphatic rings. The lowest BCUT2D eigenvalue weighted by Gasteiger charge is -2.24. The Kier molecular flexibility index (Phi) is 9.53. The summed E-state index contributed by atoms with van der Waals surface area (Å²) in [6, 6.07) is 4.91. The quantitative estimate of drug-likeness (QED) is 0.204. The number of hydrogen-bond donors (Lipinski definition) is 2. The fourth-order valence-corrected chi connectivity index (χ4v) is 3.29. The van der Waals surface area contributed by atoms with Crippen molar-refractivity contribution in [2.45, 2.75) is 52.5 Å². The molecule has 184 valence electrons. The fourth-order valence-electron chi connectivity index (χ4n) is 3.29. The number of ether oxygens (including phenoxy) is 1. The van der Waals surface area contributed by atoms with E-state index in [1.54, 1.807) is 0 Å². The average Bonchev–Trinajstić information content (AvgIpc) is 2.81. The van der Waals surface area contributed by atoms with Crippen molar-refractivity contribution in [1.29, 1.82) is 0 Å². The van der Waals surface area contributed by atoms with Gasteiger partial charge in [0, 0.05) is 25.2 Å². The van der Waals surface area contributed by atoms with Crippen molar-refractivity contribution in [3.63, 3.8) is 0 Å². The minimum Gasteiger partial charge on any atom is -0.452 e. The summed E-state index contributed by atoms with van der Waals surface area (Å²) in [5.41, 5.74) is 4.09. The summed E-state index contributed by atoms with van der Waals surface area (Å²) >= 11 is 0. The van der Waals surface area contributed by atoms with Gasteiger partial charge in [-0.2, -0.15) is 0 Å². The Balaban J connectivity index is 2.31. The Hall–Kier alpha value is -3.96. The highest BCUT2D eigenvalue weighted by atomic mass is 16.6. The third kappa shape index (κ3) is 6.53. The number of nitrogens with zero attached hydrogens (tertiary/aromatic N) is 3. The van der Waals surface area contributed by atoms with Crippen molar-refractivity contribution in [2.75, 3.05) is 23.8 Å². The first-order valence-corrected chi connectivity index (χ1v) is 11.1. The van der Waals surface area contributed by atoms with Crippen molar-refractivity contribution >= 4 is 29.1 Å². The van der Waals surface area contributed by atoms with Crippen molar-refractivity contribution in [1.82, 2.24) is 9.55 Å². The van der Waals surface area contributed by atoms with Crippen LogP contribution in [0.4, 0.5) is 17.2 Å². The van der Waals surface area contributed by atoms with Gasteiger partial charge in [0.05, 0.1) is 10.5 Å². The van der Waals surface area contributed by atoms with Crippen LogP contribution in [0.2, 0.25) is 0 Å². The van der Waals surface area contributed by atoms with Crippen LogP contribution >= 0.6 is 0 Å². The first-order chi connectivity index (χ1) is 16.2. The molecule has 12 nitrogen and oxygen atoms in total. The number of nitrogens with one attached hydrogen (secondary N) is 1. The van der Waals surface area contributed by atoms with Crippen LogP contribution in [0.15, 0.2) is 33.9 Å². The van der Waals surface area contributed by atoms with E-state index in [1.165, 1.54) is 22.8 Å². The molecular weight excluding hydrogens is 446 g/mol. The molecular formula is C22H29N5O7. The van der Waals surface area contributed by atoms with Crippen LogP contribution in [-0.4, -0.2) is 39.5 Å². The number of aromatic amines is 1. The maximum atomic E-state index is 13.0. The third-order valence-corrected chi connectivity index (χ3v) is 5.13. The SMILES string of the molecule is CCCCCN(C(=O)COC(=O)c1cccc([N+](=O)[O-])c1)c1c(N)n(CCCC)c(=O)[nH]c1=O. The second-order valence-corrected chi connectivity index (χ2v) is 7.63. The van der Waals surface area contributed by atoms with Gasteiger partial charge in [-0.3, -0.25) is 29.3 Å². The molecule has 12 heteroatoms. The van der Waals surface area contributed by atoms with Crippen molar-refractivity contribution in [2.24, 2.45) is 0 Å². The predicted molar refractivity (Wildman–Crippen MR) is 126 cm³/mol. The zero-order valence-electron chi connectivity index (χ0n) is 19.2. The number of esters is 1. The molecule has 0 unspecified atom stereocenters. The molecule has 0 aliphatic carbocycles. The highest BCUT2D eigenvalue weighted by Gasteiger charge is 2.25. The van der Waals surface area contributed by atoms with E-state index >= 15 is 0 Å². The molecule has 3 N–H and O–H groups in total. The Morgan fingerprint density at radius 3 is 2.53 bits per heavy atom. The Morgan fingerprint density at radius 1 is 1.18 bits per heavy atom. The highest BCUT2D eigenvalue weighted by molar-refractivity contribution is 5.98. The van der Waals surface area contributed by atoms with Crippen LogP contribution in [0.25, 0.3) is 0 Å². The largest absolute Gasteiger partial charge is 0.452 e. The Bertz CT molecular complexity index is 1160. The minimum atomic E-state index is -0.930. The minimum absolute atomic E-state index is 0.0926. The number of benzene rings is 1. The smallest absolute Gasteiger partial charge is 0.338 e. The molecule has 0 atom stereocenters. The number of nitrogen functional groups attached to an aromatic ring is 1. The molecule has 34 heavy (non-hydrogen) atoms. The van der Waals surface area contributed by atoms with E-state index in [2.05, 4.69) is 4.98 Å². The molecule has 0 radical (unpaired) electrons. The summed E-state index contributed by atoms with van der Waals surface area (Å²) in [6.45, 7) is 3.58. The molecule has 1 aromatic heterocycles. The molecule has 2 rings (SSSR count). The van der Waals surface area contributed by atoms with E-state index in [1.807, 2.05) is 13.8 Å². The van der Waals surface area contributed by atoms with E-state index in [9.17, 15) is 29.3 Å². The van der Waals surface area contributed by atoms with Gasteiger partial charge in [0.15, 0.2) is 12.3 Å². The van der Waals surface area contributed by atoms with E-state index < -0.39 is 34.7 Å². The van der Waals surface area contributed by atoms with Gasteiger partial charge in [0.2, 0.25) is 0 Å². The molecule has 1 aromatic carbocycles. The maximum Gasteiger partial charge on any atom is 0.338 e. The van der Waals surface area contributed by atoms with Crippen LogP contribution in [0, 0.1) is 10.1 Å². The van der Waals surface area contributed by atoms with E-state index in [0.717, 1.165) is 30.2 Å². The van der Waals surface area contributed by atoms with Crippen LogP contribution in [0.1, 0.15) is 56.3 Å². The lowest BCUT2D eigenvalue weighted by atomic mass is 10.2. The monoisotopic (exact) mass is 475 g/mol. The number of H-pyrrole nitrogens is 1. The lowest BCUT2D eigenvalue weighted by molar-refractivity contribution is -0.384. The molecule has 0 bridgehead atoms. The third-order valence-electron chi connectivity index (χ3n) is 5.13. The lowest BCUT2D eigenvalue weighted by Crippen LogP contribution is -2.43. The number of unbranched alkanes of at least 4 members (excludes halogenated alkanes) is 3. The number of non-ortho nitro benzene ring substituents is 1. The van der Waals surface area contributed by atoms with Gasteiger partial charge >= 0.3 is 11.7 Å². The average molecular weight is 476 g/mol. The second kappa shape index (κ2) is 12.3. The molecule has 2 aromatic rings. The molecule has 0 fully saturated rings. The molecule has 1 heterocycles. The highest BCUT2D eigenvalue weighted by Crippen LogP contribution is 2.19. The number of carbonyl (C=O) groups is 2. The van der Waals surface area contributed by atoms with E-state index in [-0.39, 0.29) is 35.8 Å². The normalized spacial score (nSPS) is 10.6. The van der Waals surface area contributed by atoms with Gasteiger partial charge in [-0.05, 0) is 18.9 Å². The van der Waals surface area contributed by atoms with Gasteiger partial charge in [0.25, 0.3) is 17.2 Å². The van der Waals surface area contributed by atoms with E-state index in [0.29, 0.717) is 12.8 Å². The zero-order chi connectivity index (χ0) is 25.3. The fraction of sp³-hybridized carbons (Fsp3) is 0.455. The topological polar surface area (TPSA) is 171 Å². The van der Waals surface area contributed by atoms with Crippen LogP contribution in [0.3, 0.4) is 0 Å². The second-order valence-electron chi connectivity index (χ2n) is 7.63. The first kappa shape index (κ1) is 26.3. The number of carbonyl (C=O) groups excluding carboxylic acids is 2. The van der Waals surface area contributed by atoms with E-state index in [4.69, 9.17) is 10.5 Å². The summed E-state index contributed by atoms with van der Waals surface area (Å²) < 4.78 is 6.26. The Labute approximate surface area is 195 Å². The number of nitro benzene ring substituents is 1. The predicted octanol–water partition coefficient (Wildman–Crippen LogP) is 2.21. The van der Waals surface area contributed by atoms with Crippen LogP contribution in [0.5, 0.6) is 0 Å². The van der Waals surface area contributed by atoms with Crippen LogP contribution < -0.4 is 21.9 Å². The maximum absolute atomic E-state index is 13.0. The number of nitrogens with two attached hydrogens (primary N) is 1. The summed E-state index contributed by atoms with van der Waals surface area (Å²) in [4.78, 5) is 63.8. The number of rotatable bonds is 12. The standard InChI is InChI=1S/C22H29N5O7/c1-3-5-7-12-25(18-19(23)26(11-6-4-2)22(31)24-20(18)29)17(28)14-34-21(30)15-9-8-10-16(13-15)27(32)33/h8-10,13H,3-7,11-12,14,23H2,1-2H3,(H,24,29,31). The molecule has 1 amide bonds. The van der Waals surface area contributed by atoms with Crippen molar-refractivity contribution in [3.05, 3.63) is 60.8 Å². The van der Waals surface area contributed by atoms with Gasteiger partial charge in [0.1, 0.15) is 5.82 Å². The Morgan fingerprint density at radius 2 is 1.88 bits per heavy atom. The number of anilines is 2. The summed E-state index contributed by atoms with van der Waals surface area (Å²) in [5, 5.41) is 10.9. The first-order valence-electron chi connectivity index (χ1n) is 11.1. The molecule has 0 spiro atoms. The van der Waals surface area contributed by atoms with Gasteiger partial charge in [-0.1, -0.05) is 39.2 Å². The number of amides is 1. The van der Waals surface area contributed by atoms with Crippen molar-refractivity contribution < 1.29 is 19.2 Å². The summed E-state index contributed by atoms with van der Waals surface area (Å²) in [5.74, 6) is -1.79. The van der Waals surface area contributed by atoms with Gasteiger partial charge < -0.3 is 15.4 Å². The number of aromatic nitrogens is 2. The summed E-state index contributed by atoms with van der Waals surface area (Å²) in [6.07, 6.45) is 3.59. The molecule has 0 saturated carbocycles. The zero-order valence-corrected chi connectivity index (χ0v) is 19.2. The molecule has 0 saturated heterocycles. The number of hydrogen-bond acceptors (Lipinski definition) is 8. The molecule has 0 aliphatic heterocycles. The van der Waals surface area contributed by atoms with Crippen LogP contribution in [-0.2, 0) is 16.1 Å². The van der Waals surface area contributed by atoms with Gasteiger partial charge in [-0.25, -0.2) is 9.59 Å². The summed E-state index contributed by atoms with van der Waals surface area (Å²) in [7, 11) is 0.